The Morgan fingerprint density at radius 3 is 2.77 bits per heavy atom. The number of pyridine rings is 1. The van der Waals surface area contributed by atoms with E-state index in [1.807, 2.05) is 35.9 Å². The van der Waals surface area contributed by atoms with E-state index in [0.29, 0.717) is 30.1 Å². The van der Waals surface area contributed by atoms with Gasteiger partial charge in [0.25, 0.3) is 0 Å². The van der Waals surface area contributed by atoms with E-state index in [2.05, 4.69) is 19.9 Å². The Labute approximate surface area is 252 Å². The van der Waals surface area contributed by atoms with E-state index in [-0.39, 0.29) is 23.9 Å². The summed E-state index contributed by atoms with van der Waals surface area (Å²) in [6.07, 6.45) is 7.28. The van der Waals surface area contributed by atoms with Gasteiger partial charge in [-0.05, 0) is 51.1 Å². The molecule has 1 N–H and O–H groups in total. The van der Waals surface area contributed by atoms with Gasteiger partial charge in [0.15, 0.2) is 5.65 Å². The highest BCUT2D eigenvalue weighted by molar-refractivity contribution is 5.83. The third-order valence-corrected chi connectivity index (χ3v) is 7.94. The SMILES string of the molecule is CCn1cncc1Cc1c(CN2CCC(c3cccc(OCc4ccc(C#N)cc4F)n3)CC2)nn2cnc(C(=O)O)nc12. The van der Waals surface area contributed by atoms with Crippen molar-refractivity contribution in [3.8, 4) is 11.9 Å². The standard InChI is InChI=1S/C31H30FN9O3/c1-2-40-18-34-15-23(40)13-24-27(38-41-19-35-29(31(42)43)37-30(24)41)16-39-10-8-21(9-11-39)26-4-3-5-28(36-26)44-17-22-7-6-20(14-33)12-25(22)32/h3-7,12,15,18-19,21H,2,8-11,13,16-17H2,1H3,(H,42,43). The highest BCUT2D eigenvalue weighted by Crippen LogP contribution is 2.30. The molecule has 0 spiro atoms. The van der Waals surface area contributed by atoms with Crippen LogP contribution in [0, 0.1) is 17.1 Å². The zero-order valence-corrected chi connectivity index (χ0v) is 24.1. The minimum atomic E-state index is -1.19. The van der Waals surface area contributed by atoms with E-state index in [1.54, 1.807) is 29.0 Å². The van der Waals surface area contributed by atoms with Crippen LogP contribution in [-0.2, 0) is 26.1 Å². The molecule has 44 heavy (non-hydrogen) atoms. The number of carboxylic acid groups (broad SMARTS) is 1. The topological polar surface area (TPSA) is 147 Å². The predicted octanol–water partition coefficient (Wildman–Crippen LogP) is 3.99. The van der Waals surface area contributed by atoms with Crippen molar-refractivity contribution < 1.29 is 19.0 Å². The van der Waals surface area contributed by atoms with Crippen LogP contribution in [0.25, 0.3) is 5.65 Å². The van der Waals surface area contributed by atoms with Crippen molar-refractivity contribution in [1.82, 2.24) is 39.0 Å². The van der Waals surface area contributed by atoms with Crippen LogP contribution in [0.1, 0.15) is 70.1 Å². The lowest BCUT2D eigenvalue weighted by atomic mass is 9.93. The number of benzene rings is 1. The molecule has 1 saturated heterocycles. The van der Waals surface area contributed by atoms with Gasteiger partial charge in [-0.15, -0.1) is 0 Å². The summed E-state index contributed by atoms with van der Waals surface area (Å²) in [5.41, 5.74) is 4.71. The lowest BCUT2D eigenvalue weighted by molar-refractivity contribution is 0.0683. The molecule has 1 aliphatic heterocycles. The Kier molecular flexibility index (Phi) is 8.25. The maximum atomic E-state index is 14.3. The third kappa shape index (κ3) is 6.11. The number of hydrogen-bond acceptors (Lipinski definition) is 9. The fourth-order valence-electron chi connectivity index (χ4n) is 5.54. The molecule has 0 bridgehead atoms. The third-order valence-electron chi connectivity index (χ3n) is 7.94. The number of aryl methyl sites for hydroxylation is 1. The van der Waals surface area contributed by atoms with E-state index >= 15 is 0 Å². The molecule has 0 saturated carbocycles. The molecule has 224 valence electrons. The monoisotopic (exact) mass is 595 g/mol. The van der Waals surface area contributed by atoms with Gasteiger partial charge in [0, 0.05) is 60.2 Å². The van der Waals surface area contributed by atoms with Gasteiger partial charge < -0.3 is 14.4 Å². The van der Waals surface area contributed by atoms with Crippen LogP contribution in [0.15, 0.2) is 55.2 Å². The minimum Gasteiger partial charge on any atom is -0.475 e. The molecule has 1 aromatic carbocycles. The molecule has 5 aromatic rings. The molecule has 5 heterocycles. The van der Waals surface area contributed by atoms with E-state index in [1.165, 1.54) is 12.4 Å². The summed E-state index contributed by atoms with van der Waals surface area (Å²) >= 11 is 0. The van der Waals surface area contributed by atoms with Crippen LogP contribution in [0.4, 0.5) is 4.39 Å². The second-order valence-electron chi connectivity index (χ2n) is 10.7. The average molecular weight is 596 g/mol. The number of halogens is 1. The number of fused-ring (bicyclic) bond motifs is 1. The molecule has 0 amide bonds. The first kappa shape index (κ1) is 28.9. The number of piperidine rings is 1. The van der Waals surface area contributed by atoms with Gasteiger partial charge in [0.1, 0.15) is 18.8 Å². The van der Waals surface area contributed by atoms with Gasteiger partial charge in [-0.2, -0.15) is 10.4 Å². The number of imidazole rings is 1. The van der Waals surface area contributed by atoms with Crippen molar-refractivity contribution in [1.29, 1.82) is 5.26 Å². The van der Waals surface area contributed by atoms with Crippen LogP contribution in [0.3, 0.4) is 0 Å². The summed E-state index contributed by atoms with van der Waals surface area (Å²) in [6, 6.07) is 11.9. The number of ether oxygens (including phenoxy) is 1. The Balaban J connectivity index is 1.14. The summed E-state index contributed by atoms with van der Waals surface area (Å²) < 4.78 is 23.7. The van der Waals surface area contributed by atoms with Gasteiger partial charge in [-0.3, -0.25) is 4.90 Å². The maximum Gasteiger partial charge on any atom is 0.374 e. The van der Waals surface area contributed by atoms with Gasteiger partial charge in [-0.25, -0.2) is 33.6 Å². The molecule has 12 nitrogen and oxygen atoms in total. The van der Waals surface area contributed by atoms with Gasteiger partial charge >= 0.3 is 5.97 Å². The number of carbonyl (C=O) groups is 1. The molecule has 0 aliphatic carbocycles. The first-order chi connectivity index (χ1) is 21.4. The van der Waals surface area contributed by atoms with E-state index in [9.17, 15) is 14.3 Å². The Morgan fingerprint density at radius 1 is 1.18 bits per heavy atom. The zero-order valence-electron chi connectivity index (χ0n) is 24.1. The Bertz CT molecular complexity index is 1850. The summed E-state index contributed by atoms with van der Waals surface area (Å²) in [5, 5.41) is 23.2. The van der Waals surface area contributed by atoms with Crippen molar-refractivity contribution in [2.75, 3.05) is 13.1 Å². The van der Waals surface area contributed by atoms with Crippen LogP contribution < -0.4 is 4.74 Å². The molecule has 0 unspecified atom stereocenters. The second-order valence-corrected chi connectivity index (χ2v) is 10.7. The highest BCUT2D eigenvalue weighted by atomic mass is 19.1. The van der Waals surface area contributed by atoms with Gasteiger partial charge in [-0.1, -0.05) is 12.1 Å². The number of aromatic nitrogens is 7. The smallest absolute Gasteiger partial charge is 0.374 e. The number of aromatic carboxylic acids is 1. The van der Waals surface area contributed by atoms with Crippen LogP contribution in [-0.4, -0.2) is 63.2 Å². The predicted molar refractivity (Wildman–Crippen MR) is 155 cm³/mol. The number of nitrogens with zero attached hydrogens (tertiary/aromatic N) is 9. The molecule has 6 rings (SSSR count). The second kappa shape index (κ2) is 12.6. The maximum absolute atomic E-state index is 14.3. The fraction of sp³-hybridized carbons (Fsp3) is 0.323. The molecular weight excluding hydrogens is 565 g/mol. The van der Waals surface area contributed by atoms with Gasteiger partial charge in [0.2, 0.25) is 11.7 Å². The number of rotatable bonds is 10. The lowest BCUT2D eigenvalue weighted by Gasteiger charge is -2.31. The molecule has 13 heteroatoms. The van der Waals surface area contributed by atoms with Crippen molar-refractivity contribution >= 4 is 11.6 Å². The highest BCUT2D eigenvalue weighted by Gasteiger charge is 2.25. The van der Waals surface area contributed by atoms with Crippen LogP contribution >= 0.6 is 0 Å². The van der Waals surface area contributed by atoms with Crippen molar-refractivity contribution in [3.05, 3.63) is 101 Å². The molecule has 0 radical (unpaired) electrons. The van der Waals surface area contributed by atoms with E-state index in [4.69, 9.17) is 20.1 Å². The van der Waals surface area contributed by atoms with E-state index < -0.39 is 11.8 Å². The summed E-state index contributed by atoms with van der Waals surface area (Å²) in [7, 11) is 0. The first-order valence-electron chi connectivity index (χ1n) is 14.4. The van der Waals surface area contributed by atoms with Crippen LogP contribution in [0.2, 0.25) is 0 Å². The van der Waals surface area contributed by atoms with Gasteiger partial charge in [0.05, 0.1) is 23.7 Å². The minimum absolute atomic E-state index is 0.0190. The normalized spacial score (nSPS) is 14.1. The largest absolute Gasteiger partial charge is 0.475 e. The number of hydrogen-bond donors (Lipinski definition) is 1. The number of carboxylic acids is 1. The van der Waals surface area contributed by atoms with Crippen LogP contribution in [0.5, 0.6) is 5.88 Å². The van der Waals surface area contributed by atoms with E-state index in [0.717, 1.165) is 55.1 Å². The molecule has 0 atom stereocenters. The van der Waals surface area contributed by atoms with Crippen molar-refractivity contribution in [2.45, 2.75) is 51.8 Å². The zero-order chi connectivity index (χ0) is 30.6. The average Bonchev–Trinajstić information content (AvgIpc) is 3.64. The lowest BCUT2D eigenvalue weighted by Crippen LogP contribution is -2.33. The Hall–Kier alpha value is -5.22. The molecule has 1 fully saturated rings. The number of nitriles is 1. The fourth-order valence-corrected chi connectivity index (χ4v) is 5.54. The first-order valence-corrected chi connectivity index (χ1v) is 14.4. The summed E-state index contributed by atoms with van der Waals surface area (Å²) in [4.78, 5) is 31.2. The van der Waals surface area contributed by atoms with Crippen molar-refractivity contribution in [2.24, 2.45) is 0 Å². The summed E-state index contributed by atoms with van der Waals surface area (Å²) in [5.74, 6) is -1.27. The van der Waals surface area contributed by atoms with Crippen molar-refractivity contribution in [3.63, 3.8) is 0 Å². The number of likely N-dealkylation sites (tertiary alicyclic amines) is 1. The quantitative estimate of drug-likeness (QED) is 0.251. The molecule has 4 aromatic heterocycles. The molecular formula is C31H30FN9O3. The molecule has 1 aliphatic rings. The Morgan fingerprint density at radius 2 is 2.02 bits per heavy atom. The summed E-state index contributed by atoms with van der Waals surface area (Å²) in [6.45, 7) is 5.05.